The Morgan fingerprint density at radius 2 is 1.92 bits per heavy atom. The van der Waals surface area contributed by atoms with E-state index in [1.165, 1.54) is 36.4 Å². The average Bonchev–Trinajstić information content (AvgIpc) is 3.34. The largest absolute Gasteiger partial charge is 0.384 e. The molecule has 0 radical (unpaired) electrons. The summed E-state index contributed by atoms with van der Waals surface area (Å²) in [4.78, 5) is 12.2. The van der Waals surface area contributed by atoms with Gasteiger partial charge in [-0.1, -0.05) is 24.3 Å². The zero-order chi connectivity index (χ0) is 17.3. The monoisotopic (exact) mass is 331 g/mol. The van der Waals surface area contributed by atoms with Gasteiger partial charge in [0, 0.05) is 5.92 Å². The van der Waals surface area contributed by atoms with Crippen LogP contribution >= 0.6 is 0 Å². The van der Waals surface area contributed by atoms with E-state index in [2.05, 4.69) is 5.32 Å². The molecule has 0 saturated heterocycles. The molecule has 126 valence electrons. The Morgan fingerprint density at radius 1 is 1.21 bits per heavy atom. The SMILES string of the molecule is C[C@](O)(CNC(=O)[C@@H]1C[C@H]1c1cccc(F)c1)c1ccc(F)cc1. The molecule has 1 aliphatic carbocycles. The second-order valence-electron chi connectivity index (χ2n) is 6.50. The van der Waals surface area contributed by atoms with Crippen LogP contribution in [0.2, 0.25) is 0 Å². The van der Waals surface area contributed by atoms with Crippen LogP contribution in [0, 0.1) is 17.6 Å². The van der Waals surface area contributed by atoms with Gasteiger partial charge in [0.05, 0.1) is 6.54 Å². The molecule has 5 heteroatoms. The van der Waals surface area contributed by atoms with Gasteiger partial charge in [-0.15, -0.1) is 0 Å². The minimum Gasteiger partial charge on any atom is -0.384 e. The van der Waals surface area contributed by atoms with Gasteiger partial charge in [-0.2, -0.15) is 0 Å². The number of halogens is 2. The number of carbonyl (C=O) groups is 1. The smallest absolute Gasteiger partial charge is 0.223 e. The summed E-state index contributed by atoms with van der Waals surface area (Å²) in [7, 11) is 0. The lowest BCUT2D eigenvalue weighted by Crippen LogP contribution is -2.39. The van der Waals surface area contributed by atoms with Crippen LogP contribution in [-0.4, -0.2) is 17.6 Å². The average molecular weight is 331 g/mol. The van der Waals surface area contributed by atoms with Crippen LogP contribution in [0.4, 0.5) is 8.78 Å². The first-order valence-electron chi connectivity index (χ1n) is 7.88. The van der Waals surface area contributed by atoms with Gasteiger partial charge in [-0.05, 0) is 54.7 Å². The summed E-state index contributed by atoms with van der Waals surface area (Å²) in [6, 6.07) is 11.8. The predicted molar refractivity (Wildman–Crippen MR) is 86.2 cm³/mol. The Balaban J connectivity index is 1.57. The Hall–Kier alpha value is -2.27. The van der Waals surface area contributed by atoms with E-state index in [0.717, 1.165) is 5.56 Å². The maximum absolute atomic E-state index is 13.2. The van der Waals surface area contributed by atoms with E-state index in [1.54, 1.807) is 13.0 Å². The van der Waals surface area contributed by atoms with Crippen molar-refractivity contribution < 1.29 is 18.7 Å². The van der Waals surface area contributed by atoms with Gasteiger partial charge in [-0.3, -0.25) is 4.79 Å². The lowest BCUT2D eigenvalue weighted by atomic mass is 9.96. The molecule has 0 spiro atoms. The number of hydrogen-bond donors (Lipinski definition) is 2. The summed E-state index contributed by atoms with van der Waals surface area (Å²) in [6.45, 7) is 1.60. The zero-order valence-corrected chi connectivity index (χ0v) is 13.3. The summed E-state index contributed by atoms with van der Waals surface area (Å²) in [5.41, 5.74) is 0.0641. The van der Waals surface area contributed by atoms with Crippen molar-refractivity contribution in [2.75, 3.05) is 6.54 Å². The van der Waals surface area contributed by atoms with Gasteiger partial charge in [0.15, 0.2) is 0 Å². The molecule has 0 aromatic heterocycles. The molecule has 0 bridgehead atoms. The van der Waals surface area contributed by atoms with E-state index < -0.39 is 5.60 Å². The Morgan fingerprint density at radius 3 is 2.58 bits per heavy atom. The number of nitrogens with one attached hydrogen (secondary N) is 1. The number of amides is 1. The fraction of sp³-hybridized carbons (Fsp3) is 0.316. The van der Waals surface area contributed by atoms with Crippen LogP contribution in [0.25, 0.3) is 0 Å². The molecule has 3 atom stereocenters. The first kappa shape index (κ1) is 16.6. The van der Waals surface area contributed by atoms with Crippen molar-refractivity contribution in [3.63, 3.8) is 0 Å². The zero-order valence-electron chi connectivity index (χ0n) is 13.3. The lowest BCUT2D eigenvalue weighted by Gasteiger charge is -2.24. The molecule has 0 unspecified atom stereocenters. The van der Waals surface area contributed by atoms with Crippen LogP contribution in [0.5, 0.6) is 0 Å². The number of benzene rings is 2. The van der Waals surface area contributed by atoms with E-state index in [9.17, 15) is 18.7 Å². The molecular weight excluding hydrogens is 312 g/mol. The van der Waals surface area contributed by atoms with Crippen molar-refractivity contribution in [1.82, 2.24) is 5.32 Å². The van der Waals surface area contributed by atoms with E-state index in [-0.39, 0.29) is 35.9 Å². The van der Waals surface area contributed by atoms with Gasteiger partial charge in [-0.25, -0.2) is 8.78 Å². The van der Waals surface area contributed by atoms with Crippen molar-refractivity contribution in [3.8, 4) is 0 Å². The third-order valence-corrected chi connectivity index (χ3v) is 4.48. The topological polar surface area (TPSA) is 49.3 Å². The van der Waals surface area contributed by atoms with Gasteiger partial charge in [0.1, 0.15) is 17.2 Å². The number of hydrogen-bond acceptors (Lipinski definition) is 2. The molecule has 2 aromatic rings. The van der Waals surface area contributed by atoms with Gasteiger partial charge in [0.25, 0.3) is 0 Å². The van der Waals surface area contributed by atoms with Crippen LogP contribution in [-0.2, 0) is 10.4 Å². The number of rotatable bonds is 5. The molecule has 0 heterocycles. The summed E-state index contributed by atoms with van der Waals surface area (Å²) in [6.07, 6.45) is 0.675. The second kappa shape index (κ2) is 6.32. The van der Waals surface area contributed by atoms with Crippen molar-refractivity contribution >= 4 is 5.91 Å². The molecule has 1 aliphatic rings. The number of aliphatic hydroxyl groups is 1. The maximum atomic E-state index is 13.2. The Kier molecular flexibility index (Phi) is 4.37. The van der Waals surface area contributed by atoms with E-state index in [0.29, 0.717) is 12.0 Å². The molecule has 1 fully saturated rings. The lowest BCUT2D eigenvalue weighted by molar-refractivity contribution is -0.123. The molecule has 1 saturated carbocycles. The Labute approximate surface area is 139 Å². The molecular formula is C19H19F2NO2. The van der Waals surface area contributed by atoms with Crippen molar-refractivity contribution in [2.45, 2.75) is 24.9 Å². The fourth-order valence-electron chi connectivity index (χ4n) is 2.89. The summed E-state index contributed by atoms with van der Waals surface area (Å²) in [5.74, 6) is -1.02. The van der Waals surface area contributed by atoms with E-state index in [1.807, 2.05) is 6.07 Å². The van der Waals surface area contributed by atoms with Crippen molar-refractivity contribution in [2.24, 2.45) is 5.92 Å². The predicted octanol–water partition coefficient (Wildman–Crippen LogP) is 3.09. The van der Waals surface area contributed by atoms with Gasteiger partial charge < -0.3 is 10.4 Å². The fourth-order valence-corrected chi connectivity index (χ4v) is 2.89. The van der Waals surface area contributed by atoms with Crippen LogP contribution < -0.4 is 5.32 Å². The first-order chi connectivity index (χ1) is 11.4. The van der Waals surface area contributed by atoms with Crippen molar-refractivity contribution in [3.05, 3.63) is 71.3 Å². The third kappa shape index (κ3) is 3.62. The van der Waals surface area contributed by atoms with E-state index >= 15 is 0 Å². The highest BCUT2D eigenvalue weighted by Crippen LogP contribution is 2.47. The molecule has 3 rings (SSSR count). The highest BCUT2D eigenvalue weighted by Gasteiger charge is 2.44. The molecule has 1 amide bonds. The quantitative estimate of drug-likeness (QED) is 0.884. The second-order valence-corrected chi connectivity index (χ2v) is 6.50. The summed E-state index contributed by atoms with van der Waals surface area (Å²) in [5, 5.41) is 13.2. The molecule has 2 N–H and O–H groups in total. The normalized spacial score (nSPS) is 21.8. The standard InChI is InChI=1S/C19H19F2NO2/c1-19(24,13-5-7-14(20)8-6-13)11-22-18(23)17-10-16(17)12-3-2-4-15(21)9-12/h2-9,16-17,24H,10-11H2,1H3,(H,22,23)/t16-,17+,19-/m0/s1. The van der Waals surface area contributed by atoms with Crippen LogP contribution in [0.1, 0.15) is 30.4 Å². The minimum atomic E-state index is -1.29. The summed E-state index contributed by atoms with van der Waals surface area (Å²) >= 11 is 0. The first-order valence-corrected chi connectivity index (χ1v) is 7.88. The third-order valence-electron chi connectivity index (χ3n) is 4.48. The molecule has 2 aromatic carbocycles. The number of carbonyl (C=O) groups excluding carboxylic acids is 1. The van der Waals surface area contributed by atoms with Crippen LogP contribution in [0.3, 0.4) is 0 Å². The minimum absolute atomic E-state index is 0.0245. The summed E-state index contributed by atoms with van der Waals surface area (Å²) < 4.78 is 26.2. The van der Waals surface area contributed by atoms with Gasteiger partial charge >= 0.3 is 0 Å². The highest BCUT2D eigenvalue weighted by molar-refractivity contribution is 5.83. The maximum Gasteiger partial charge on any atom is 0.223 e. The van der Waals surface area contributed by atoms with Crippen molar-refractivity contribution in [1.29, 1.82) is 0 Å². The Bertz CT molecular complexity index is 743. The molecule has 24 heavy (non-hydrogen) atoms. The van der Waals surface area contributed by atoms with E-state index in [4.69, 9.17) is 0 Å². The van der Waals surface area contributed by atoms with Crippen LogP contribution in [0.15, 0.2) is 48.5 Å². The molecule has 3 nitrogen and oxygen atoms in total. The highest BCUT2D eigenvalue weighted by atomic mass is 19.1. The van der Waals surface area contributed by atoms with Gasteiger partial charge in [0.2, 0.25) is 5.91 Å². The molecule has 0 aliphatic heterocycles.